The van der Waals surface area contributed by atoms with Gasteiger partial charge in [0.2, 0.25) is 0 Å². The Hall–Kier alpha value is -1.50. The average molecular weight is 471 g/mol. The molecule has 0 unspecified atom stereocenters. The van der Waals surface area contributed by atoms with E-state index in [1.807, 2.05) is 6.92 Å². The monoisotopic (exact) mass is 470 g/mol. The van der Waals surface area contributed by atoms with Gasteiger partial charge in [-0.25, -0.2) is 4.79 Å². The van der Waals surface area contributed by atoms with Crippen molar-refractivity contribution in [2.45, 2.75) is 90.1 Å². The van der Waals surface area contributed by atoms with Gasteiger partial charge in [0, 0.05) is 23.2 Å². The largest absolute Gasteiger partial charge is 0.458 e. The Kier molecular flexibility index (Phi) is 4.90. The molecule has 186 valence electrons. The summed E-state index contributed by atoms with van der Waals surface area (Å²) in [6, 6.07) is 0. The molecule has 6 rings (SSSR count). The van der Waals surface area contributed by atoms with Crippen molar-refractivity contribution in [3.8, 4) is 0 Å². The standard InChI is InChI=1S/C28H38O6/c1-14-11-22(33-25(32)16(14)13-29)15(2)20-12-24-28(34-24)18-5-6-19-21(30)7-8-23(31)27(19,4)17(18)9-10-26(20,28)3/h7-8,15,17-22,24,29-30H,5-6,9-13H2,1-4H3/t15-,17-,18+,19-,20+,21-,22+,24-,26+,27+,28-/m0/s1. The van der Waals surface area contributed by atoms with Gasteiger partial charge < -0.3 is 19.7 Å². The second-order valence-corrected chi connectivity index (χ2v) is 12.5. The highest BCUT2D eigenvalue weighted by molar-refractivity contribution is 5.96. The molecule has 11 atom stereocenters. The number of aliphatic hydroxyl groups excluding tert-OH is 2. The van der Waals surface area contributed by atoms with Crippen LogP contribution in [0.2, 0.25) is 0 Å². The van der Waals surface area contributed by atoms with Crippen LogP contribution < -0.4 is 0 Å². The molecule has 2 heterocycles. The number of rotatable bonds is 3. The normalized spacial score (nSPS) is 52.4. The molecule has 6 heteroatoms. The van der Waals surface area contributed by atoms with Gasteiger partial charge >= 0.3 is 5.97 Å². The minimum atomic E-state index is -0.539. The van der Waals surface area contributed by atoms with Gasteiger partial charge in [-0.1, -0.05) is 32.4 Å². The van der Waals surface area contributed by atoms with Crippen molar-refractivity contribution < 1.29 is 29.3 Å². The van der Waals surface area contributed by atoms with Gasteiger partial charge in [-0.05, 0) is 68.8 Å². The SMILES string of the molecule is CC1=C(CO)C(=O)O[C@@H]([C@@H](C)[C@H]2C[C@@H]3O[C@@]34[C@@H]3CC[C@H]5[C@@H](O)C=CC(=O)[C@]5(C)[C@H]3CC[C@]24C)C1. The predicted octanol–water partition coefficient (Wildman–Crippen LogP) is 3.35. The lowest BCUT2D eigenvalue weighted by molar-refractivity contribution is -0.168. The number of allylic oxidation sites excluding steroid dienone is 1. The van der Waals surface area contributed by atoms with Crippen LogP contribution in [-0.2, 0) is 19.1 Å². The second-order valence-electron chi connectivity index (χ2n) is 12.5. The van der Waals surface area contributed by atoms with E-state index >= 15 is 0 Å². The average Bonchev–Trinajstić information content (AvgIpc) is 3.46. The van der Waals surface area contributed by atoms with Crippen LogP contribution in [0.15, 0.2) is 23.3 Å². The number of carbonyl (C=O) groups excluding carboxylic acids is 2. The summed E-state index contributed by atoms with van der Waals surface area (Å²) in [5, 5.41) is 20.2. The summed E-state index contributed by atoms with van der Waals surface area (Å²) in [6.45, 7) is 8.37. The van der Waals surface area contributed by atoms with E-state index in [2.05, 4.69) is 20.8 Å². The highest BCUT2D eigenvalue weighted by Gasteiger charge is 2.81. The minimum absolute atomic E-state index is 0.00235. The maximum atomic E-state index is 13.2. The molecule has 1 saturated heterocycles. The van der Waals surface area contributed by atoms with E-state index in [4.69, 9.17) is 9.47 Å². The van der Waals surface area contributed by atoms with Crippen molar-refractivity contribution in [2.75, 3.05) is 6.61 Å². The van der Waals surface area contributed by atoms with Gasteiger partial charge in [0.15, 0.2) is 5.78 Å². The molecule has 4 fully saturated rings. The summed E-state index contributed by atoms with van der Waals surface area (Å²) in [5.74, 6) is 0.934. The number of ketones is 1. The van der Waals surface area contributed by atoms with Crippen LogP contribution in [0.1, 0.15) is 66.2 Å². The quantitative estimate of drug-likeness (QED) is 0.485. The number of esters is 1. The molecule has 0 aromatic heterocycles. The number of hydrogen-bond acceptors (Lipinski definition) is 6. The van der Waals surface area contributed by atoms with Crippen LogP contribution >= 0.6 is 0 Å². The first-order valence-corrected chi connectivity index (χ1v) is 13.2. The van der Waals surface area contributed by atoms with Crippen molar-refractivity contribution in [1.82, 2.24) is 0 Å². The first-order chi connectivity index (χ1) is 16.1. The number of cyclic esters (lactones) is 1. The first kappa shape index (κ1) is 22.9. The van der Waals surface area contributed by atoms with Crippen molar-refractivity contribution in [3.63, 3.8) is 0 Å². The lowest BCUT2D eigenvalue weighted by atomic mass is 9.44. The number of epoxide rings is 1. The van der Waals surface area contributed by atoms with Crippen molar-refractivity contribution in [3.05, 3.63) is 23.3 Å². The third-order valence-electron chi connectivity index (χ3n) is 11.6. The van der Waals surface area contributed by atoms with Crippen LogP contribution in [0.25, 0.3) is 0 Å². The van der Waals surface area contributed by atoms with Crippen molar-refractivity contribution in [1.29, 1.82) is 0 Å². The fraction of sp³-hybridized carbons (Fsp3) is 0.786. The molecular formula is C28H38O6. The van der Waals surface area contributed by atoms with Crippen LogP contribution in [0, 0.1) is 40.4 Å². The highest BCUT2D eigenvalue weighted by atomic mass is 16.6. The number of aliphatic hydroxyl groups is 2. The van der Waals surface area contributed by atoms with E-state index < -0.39 is 11.5 Å². The van der Waals surface area contributed by atoms with E-state index in [9.17, 15) is 19.8 Å². The summed E-state index contributed by atoms with van der Waals surface area (Å²) in [4.78, 5) is 25.7. The Balaban J connectivity index is 1.29. The van der Waals surface area contributed by atoms with Crippen molar-refractivity contribution >= 4 is 11.8 Å². The predicted molar refractivity (Wildman–Crippen MR) is 124 cm³/mol. The van der Waals surface area contributed by atoms with Crippen LogP contribution in [0.5, 0.6) is 0 Å². The van der Waals surface area contributed by atoms with Gasteiger partial charge in [-0.2, -0.15) is 0 Å². The molecule has 1 spiro atoms. The molecular weight excluding hydrogens is 432 g/mol. The fourth-order valence-electron chi connectivity index (χ4n) is 9.65. The van der Waals surface area contributed by atoms with E-state index in [0.29, 0.717) is 23.8 Å². The van der Waals surface area contributed by atoms with Gasteiger partial charge in [0.25, 0.3) is 0 Å². The van der Waals surface area contributed by atoms with Gasteiger partial charge in [-0.3, -0.25) is 4.79 Å². The van der Waals surface area contributed by atoms with Crippen LogP contribution in [0.4, 0.5) is 0 Å². The minimum Gasteiger partial charge on any atom is -0.458 e. The van der Waals surface area contributed by atoms with Gasteiger partial charge in [-0.15, -0.1) is 0 Å². The third kappa shape index (κ3) is 2.63. The number of fused-ring (bicyclic) bond motifs is 3. The Labute approximate surface area is 201 Å². The fourth-order valence-corrected chi connectivity index (χ4v) is 9.65. The third-order valence-corrected chi connectivity index (χ3v) is 11.6. The molecule has 2 aliphatic heterocycles. The van der Waals surface area contributed by atoms with E-state index in [1.54, 1.807) is 12.2 Å². The zero-order valence-corrected chi connectivity index (χ0v) is 20.8. The maximum absolute atomic E-state index is 13.2. The Morgan fingerprint density at radius 2 is 1.88 bits per heavy atom. The van der Waals surface area contributed by atoms with Crippen LogP contribution in [-0.4, -0.2) is 52.5 Å². The molecule has 0 bridgehead atoms. The molecule has 3 saturated carbocycles. The molecule has 0 amide bonds. The molecule has 0 aromatic carbocycles. The zero-order chi connectivity index (χ0) is 24.2. The summed E-state index contributed by atoms with van der Waals surface area (Å²) in [6.07, 6.45) is 8.27. The molecule has 4 aliphatic carbocycles. The molecule has 34 heavy (non-hydrogen) atoms. The van der Waals surface area contributed by atoms with E-state index in [0.717, 1.165) is 37.7 Å². The highest BCUT2D eigenvalue weighted by Crippen LogP contribution is 2.77. The van der Waals surface area contributed by atoms with E-state index in [1.165, 1.54) is 0 Å². The number of carbonyl (C=O) groups is 2. The summed E-state index contributed by atoms with van der Waals surface area (Å²) < 4.78 is 12.5. The second kappa shape index (κ2) is 7.27. The number of ether oxygens (including phenoxy) is 2. The zero-order valence-electron chi connectivity index (χ0n) is 20.8. The maximum Gasteiger partial charge on any atom is 0.336 e. The van der Waals surface area contributed by atoms with Gasteiger partial charge in [0.1, 0.15) is 11.7 Å². The number of hydrogen-bond donors (Lipinski definition) is 2. The Morgan fingerprint density at radius 3 is 2.59 bits per heavy atom. The lowest BCUT2D eigenvalue weighted by Crippen LogP contribution is -2.62. The Bertz CT molecular complexity index is 999. The molecule has 0 radical (unpaired) electrons. The molecule has 2 N–H and O–H groups in total. The molecule has 6 aliphatic rings. The summed E-state index contributed by atoms with van der Waals surface area (Å²) in [5.41, 5.74) is 0.605. The summed E-state index contributed by atoms with van der Waals surface area (Å²) in [7, 11) is 0. The Morgan fingerprint density at radius 1 is 1.15 bits per heavy atom. The smallest absolute Gasteiger partial charge is 0.336 e. The molecule has 0 aromatic rings. The van der Waals surface area contributed by atoms with E-state index in [-0.39, 0.29) is 59.3 Å². The lowest BCUT2D eigenvalue weighted by Gasteiger charge is -2.60. The topological polar surface area (TPSA) is 96.4 Å². The molecule has 6 nitrogen and oxygen atoms in total. The van der Waals surface area contributed by atoms with Crippen LogP contribution in [0.3, 0.4) is 0 Å². The first-order valence-electron chi connectivity index (χ1n) is 13.2. The summed E-state index contributed by atoms with van der Waals surface area (Å²) >= 11 is 0. The van der Waals surface area contributed by atoms with Crippen molar-refractivity contribution in [2.24, 2.45) is 40.4 Å². The van der Waals surface area contributed by atoms with Gasteiger partial charge in [0.05, 0.1) is 24.4 Å².